The lowest BCUT2D eigenvalue weighted by Gasteiger charge is -2.04. The molecule has 0 fully saturated rings. The van der Waals surface area contributed by atoms with Gasteiger partial charge >= 0.3 is 0 Å². The van der Waals surface area contributed by atoms with Crippen molar-refractivity contribution in [1.29, 1.82) is 0 Å². The van der Waals surface area contributed by atoms with E-state index in [-0.39, 0.29) is 5.91 Å². The zero-order valence-electron chi connectivity index (χ0n) is 10.2. The largest absolute Gasteiger partial charge is 0.350 e. The van der Waals surface area contributed by atoms with E-state index in [1.807, 2.05) is 24.3 Å². The molecule has 0 radical (unpaired) electrons. The average Bonchev–Trinajstić information content (AvgIpc) is 2.89. The summed E-state index contributed by atoms with van der Waals surface area (Å²) in [6.07, 6.45) is 3.29. The Bertz CT molecular complexity index is 530. The Labute approximate surface area is 121 Å². The maximum absolute atomic E-state index is 11.6. The third-order valence-electron chi connectivity index (χ3n) is 2.42. The second kappa shape index (κ2) is 7.21. The van der Waals surface area contributed by atoms with Crippen molar-refractivity contribution in [2.45, 2.75) is 12.3 Å². The van der Waals surface area contributed by atoms with Gasteiger partial charge < -0.3 is 10.3 Å². The number of aromatic nitrogens is 2. The second-order valence-electron chi connectivity index (χ2n) is 3.98. The highest BCUT2D eigenvalue weighted by Gasteiger charge is 2.03. The van der Waals surface area contributed by atoms with Crippen LogP contribution in [0.3, 0.4) is 0 Å². The monoisotopic (exact) mass is 295 g/mol. The number of H-pyrrole nitrogens is 1. The Morgan fingerprint density at radius 1 is 1.47 bits per heavy atom. The number of rotatable bonds is 6. The number of hydrogen-bond acceptors (Lipinski definition) is 3. The van der Waals surface area contributed by atoms with Crippen LogP contribution in [0.4, 0.5) is 0 Å². The number of carbonyl (C=O) groups is 1. The lowest BCUT2D eigenvalue weighted by Crippen LogP contribution is -2.24. The van der Waals surface area contributed by atoms with E-state index in [4.69, 9.17) is 11.6 Å². The summed E-state index contributed by atoms with van der Waals surface area (Å²) in [5.74, 6) is 1.22. The fourth-order valence-electron chi connectivity index (χ4n) is 1.51. The molecule has 0 spiro atoms. The van der Waals surface area contributed by atoms with Gasteiger partial charge in [0.1, 0.15) is 0 Å². The Balaban J connectivity index is 1.66. The molecule has 0 unspecified atom stereocenters. The Hall–Kier alpha value is -1.46. The van der Waals surface area contributed by atoms with Crippen molar-refractivity contribution in [2.75, 3.05) is 5.75 Å². The van der Waals surface area contributed by atoms with Crippen LogP contribution in [0.1, 0.15) is 11.3 Å². The summed E-state index contributed by atoms with van der Waals surface area (Å²) in [7, 11) is 0. The zero-order valence-corrected chi connectivity index (χ0v) is 11.8. The number of thioether (sulfide) groups is 1. The van der Waals surface area contributed by atoms with Crippen LogP contribution in [-0.2, 0) is 17.1 Å². The lowest BCUT2D eigenvalue weighted by molar-refractivity contribution is -0.118. The molecule has 0 bridgehead atoms. The molecule has 1 heterocycles. The predicted molar refractivity (Wildman–Crippen MR) is 78.0 cm³/mol. The molecule has 1 amide bonds. The van der Waals surface area contributed by atoms with E-state index in [0.29, 0.717) is 12.3 Å². The van der Waals surface area contributed by atoms with E-state index in [0.717, 1.165) is 22.0 Å². The number of hydrogen-bond donors (Lipinski definition) is 2. The van der Waals surface area contributed by atoms with Gasteiger partial charge in [-0.2, -0.15) is 0 Å². The molecule has 0 aliphatic carbocycles. The first-order valence-corrected chi connectivity index (χ1v) is 7.33. The lowest BCUT2D eigenvalue weighted by atomic mass is 10.2. The van der Waals surface area contributed by atoms with E-state index in [1.54, 1.807) is 24.3 Å². The Morgan fingerprint density at radius 3 is 3.11 bits per heavy atom. The van der Waals surface area contributed by atoms with Crippen LogP contribution in [0.15, 0.2) is 36.8 Å². The highest BCUT2D eigenvalue weighted by Crippen LogP contribution is 2.16. The van der Waals surface area contributed by atoms with Crippen LogP contribution in [-0.4, -0.2) is 21.6 Å². The van der Waals surface area contributed by atoms with Crippen LogP contribution >= 0.6 is 23.4 Å². The smallest absolute Gasteiger partial charge is 0.230 e. The summed E-state index contributed by atoms with van der Waals surface area (Å²) < 4.78 is 0. The molecule has 1 aromatic heterocycles. The SMILES string of the molecule is O=C(CSCc1cccc(Cl)c1)NCc1cnc[nH]1. The topological polar surface area (TPSA) is 57.8 Å². The van der Waals surface area contributed by atoms with Crippen molar-refractivity contribution in [3.8, 4) is 0 Å². The first kappa shape index (κ1) is 14.0. The highest BCUT2D eigenvalue weighted by atomic mass is 35.5. The van der Waals surface area contributed by atoms with Gasteiger partial charge in [-0.15, -0.1) is 11.8 Å². The maximum Gasteiger partial charge on any atom is 0.230 e. The summed E-state index contributed by atoms with van der Waals surface area (Å²) in [5, 5.41) is 3.55. The summed E-state index contributed by atoms with van der Waals surface area (Å²) in [6.45, 7) is 0.483. The molecule has 2 rings (SSSR count). The number of imidazole rings is 1. The number of nitrogens with one attached hydrogen (secondary N) is 2. The minimum Gasteiger partial charge on any atom is -0.350 e. The van der Waals surface area contributed by atoms with Gasteiger partial charge in [0.25, 0.3) is 0 Å². The van der Waals surface area contributed by atoms with Crippen LogP contribution in [0.25, 0.3) is 0 Å². The van der Waals surface area contributed by atoms with Gasteiger partial charge in [-0.1, -0.05) is 23.7 Å². The zero-order chi connectivity index (χ0) is 13.5. The Morgan fingerprint density at radius 2 is 2.37 bits per heavy atom. The number of amides is 1. The Kier molecular flexibility index (Phi) is 5.30. The fourth-order valence-corrected chi connectivity index (χ4v) is 2.53. The molecule has 19 heavy (non-hydrogen) atoms. The number of halogens is 1. The van der Waals surface area contributed by atoms with E-state index < -0.39 is 0 Å². The quantitative estimate of drug-likeness (QED) is 0.861. The molecule has 0 saturated carbocycles. The third kappa shape index (κ3) is 4.96. The fraction of sp³-hybridized carbons (Fsp3) is 0.231. The number of benzene rings is 1. The van der Waals surface area contributed by atoms with E-state index in [2.05, 4.69) is 15.3 Å². The maximum atomic E-state index is 11.6. The third-order valence-corrected chi connectivity index (χ3v) is 3.66. The van der Waals surface area contributed by atoms with E-state index in [1.165, 1.54) is 0 Å². The van der Waals surface area contributed by atoms with Crippen molar-refractivity contribution in [3.05, 3.63) is 53.1 Å². The van der Waals surface area contributed by atoms with Gasteiger partial charge in [-0.3, -0.25) is 4.79 Å². The molecule has 2 aromatic rings. The van der Waals surface area contributed by atoms with Crippen LogP contribution < -0.4 is 5.32 Å². The molecule has 100 valence electrons. The summed E-state index contributed by atoms with van der Waals surface area (Å²) in [4.78, 5) is 18.4. The average molecular weight is 296 g/mol. The first-order valence-electron chi connectivity index (χ1n) is 5.80. The van der Waals surface area contributed by atoms with Gasteiger partial charge in [0.2, 0.25) is 5.91 Å². The summed E-state index contributed by atoms with van der Waals surface area (Å²) in [5.41, 5.74) is 2.02. The molecule has 0 aliphatic rings. The first-order chi connectivity index (χ1) is 9.24. The van der Waals surface area contributed by atoms with Gasteiger partial charge in [-0.25, -0.2) is 4.98 Å². The van der Waals surface area contributed by atoms with Crippen LogP contribution in [0.5, 0.6) is 0 Å². The van der Waals surface area contributed by atoms with Crippen molar-refractivity contribution in [3.63, 3.8) is 0 Å². The predicted octanol–water partition coefficient (Wildman–Crippen LogP) is 2.61. The molecule has 4 nitrogen and oxygen atoms in total. The summed E-state index contributed by atoms with van der Waals surface area (Å²) in [6, 6.07) is 7.67. The molecule has 2 N–H and O–H groups in total. The minimum atomic E-state index is 0.0154. The molecular weight excluding hydrogens is 282 g/mol. The number of aromatic amines is 1. The van der Waals surface area contributed by atoms with Gasteiger partial charge in [0, 0.05) is 17.0 Å². The molecule has 6 heteroatoms. The van der Waals surface area contributed by atoms with Crippen molar-refractivity contribution >= 4 is 29.3 Å². The number of carbonyl (C=O) groups excluding carboxylic acids is 1. The summed E-state index contributed by atoms with van der Waals surface area (Å²) >= 11 is 7.46. The number of nitrogens with zero attached hydrogens (tertiary/aromatic N) is 1. The standard InChI is InChI=1S/C13H14ClN3OS/c14-11-3-1-2-10(4-11)7-19-8-13(18)16-6-12-5-15-9-17-12/h1-5,9H,6-8H2,(H,15,17)(H,16,18). The van der Waals surface area contributed by atoms with Crippen molar-refractivity contribution in [2.24, 2.45) is 0 Å². The van der Waals surface area contributed by atoms with Crippen molar-refractivity contribution in [1.82, 2.24) is 15.3 Å². The van der Waals surface area contributed by atoms with Gasteiger partial charge in [0.05, 0.1) is 24.3 Å². The molecule has 0 atom stereocenters. The van der Waals surface area contributed by atoms with E-state index >= 15 is 0 Å². The molecular formula is C13H14ClN3OS. The van der Waals surface area contributed by atoms with E-state index in [9.17, 15) is 4.79 Å². The molecule has 0 aliphatic heterocycles. The second-order valence-corrected chi connectivity index (χ2v) is 5.40. The van der Waals surface area contributed by atoms with Crippen LogP contribution in [0.2, 0.25) is 5.02 Å². The highest BCUT2D eigenvalue weighted by molar-refractivity contribution is 7.99. The normalized spacial score (nSPS) is 10.4. The van der Waals surface area contributed by atoms with Crippen LogP contribution in [0, 0.1) is 0 Å². The minimum absolute atomic E-state index is 0.0154. The molecule has 0 saturated heterocycles. The molecule has 1 aromatic carbocycles. The van der Waals surface area contributed by atoms with Crippen molar-refractivity contribution < 1.29 is 4.79 Å². The van der Waals surface area contributed by atoms with Gasteiger partial charge in [-0.05, 0) is 17.7 Å². The van der Waals surface area contributed by atoms with Gasteiger partial charge in [0.15, 0.2) is 0 Å².